The van der Waals surface area contributed by atoms with Crippen LogP contribution in [0.1, 0.15) is 44.2 Å². The summed E-state index contributed by atoms with van der Waals surface area (Å²) in [5.41, 5.74) is 3.69. The Morgan fingerprint density at radius 1 is 1.22 bits per heavy atom. The van der Waals surface area contributed by atoms with Crippen molar-refractivity contribution in [2.24, 2.45) is 0 Å². The SMILES string of the molecule is Cc1c(CC(=O)NC(C)C)c(-c2ccc(F)c(Cl)c2)nc2ccc(OCCCN3CCC(F)CC3)cc12. The average Bonchev–Trinajstić information content (AvgIpc) is 2.86. The molecule has 5 nitrogen and oxygen atoms in total. The van der Waals surface area contributed by atoms with Gasteiger partial charge in [0.25, 0.3) is 0 Å². The van der Waals surface area contributed by atoms with Gasteiger partial charge in [-0.15, -0.1) is 0 Å². The van der Waals surface area contributed by atoms with Crippen molar-refractivity contribution >= 4 is 28.4 Å². The molecule has 198 valence electrons. The Kier molecular flexibility index (Phi) is 8.98. The Bertz CT molecular complexity index is 1260. The number of alkyl halides is 1. The maximum Gasteiger partial charge on any atom is 0.224 e. The van der Waals surface area contributed by atoms with E-state index in [1.54, 1.807) is 12.1 Å². The van der Waals surface area contributed by atoms with Gasteiger partial charge in [0.15, 0.2) is 0 Å². The molecule has 0 unspecified atom stereocenters. The minimum atomic E-state index is -0.663. The van der Waals surface area contributed by atoms with Gasteiger partial charge in [-0.3, -0.25) is 4.79 Å². The van der Waals surface area contributed by atoms with Crippen LogP contribution in [0.5, 0.6) is 5.75 Å². The summed E-state index contributed by atoms with van der Waals surface area (Å²) in [5, 5.41) is 3.84. The zero-order valence-corrected chi connectivity index (χ0v) is 22.4. The van der Waals surface area contributed by atoms with E-state index in [4.69, 9.17) is 21.3 Å². The molecule has 1 N–H and O–H groups in total. The third kappa shape index (κ3) is 6.96. The van der Waals surface area contributed by atoms with Crippen molar-refractivity contribution in [3.8, 4) is 17.0 Å². The van der Waals surface area contributed by atoms with E-state index < -0.39 is 12.0 Å². The normalized spacial score (nSPS) is 14.9. The molecule has 2 aromatic carbocycles. The molecule has 3 aromatic rings. The summed E-state index contributed by atoms with van der Waals surface area (Å²) in [6, 6.07) is 10.2. The molecule has 0 bridgehead atoms. The van der Waals surface area contributed by atoms with Gasteiger partial charge in [0.05, 0.1) is 29.3 Å². The Labute approximate surface area is 222 Å². The molecule has 37 heavy (non-hydrogen) atoms. The lowest BCUT2D eigenvalue weighted by molar-refractivity contribution is -0.120. The van der Waals surface area contributed by atoms with Crippen LogP contribution in [0.25, 0.3) is 22.2 Å². The van der Waals surface area contributed by atoms with Crippen molar-refractivity contribution in [1.82, 2.24) is 15.2 Å². The Hall–Kier alpha value is -2.77. The molecular weight excluding hydrogens is 496 g/mol. The summed E-state index contributed by atoms with van der Waals surface area (Å²) in [6.07, 6.45) is 1.56. The number of rotatable bonds is 9. The largest absolute Gasteiger partial charge is 0.494 e. The number of pyridine rings is 1. The van der Waals surface area contributed by atoms with Crippen molar-refractivity contribution < 1.29 is 18.3 Å². The van der Waals surface area contributed by atoms with Gasteiger partial charge >= 0.3 is 0 Å². The molecule has 8 heteroatoms. The van der Waals surface area contributed by atoms with Crippen LogP contribution in [0.4, 0.5) is 8.78 Å². The average molecular weight is 530 g/mol. The second-order valence-corrected chi connectivity index (χ2v) is 10.4. The van der Waals surface area contributed by atoms with Crippen LogP contribution in [-0.2, 0) is 11.2 Å². The van der Waals surface area contributed by atoms with Crippen molar-refractivity contribution in [2.75, 3.05) is 26.2 Å². The van der Waals surface area contributed by atoms with Gasteiger partial charge in [-0.25, -0.2) is 13.8 Å². The smallest absolute Gasteiger partial charge is 0.224 e. The number of carbonyl (C=O) groups is 1. The molecule has 2 heterocycles. The highest BCUT2D eigenvalue weighted by atomic mass is 35.5. The fourth-order valence-electron chi connectivity index (χ4n) is 4.77. The maximum absolute atomic E-state index is 13.8. The number of nitrogens with zero attached hydrogens (tertiary/aromatic N) is 2. The highest BCUT2D eigenvalue weighted by Gasteiger charge is 2.20. The summed E-state index contributed by atoms with van der Waals surface area (Å²) in [4.78, 5) is 19.9. The number of halogens is 3. The van der Waals surface area contributed by atoms with Gasteiger partial charge in [0.2, 0.25) is 5.91 Å². The number of aryl methyl sites for hydroxylation is 1. The number of benzene rings is 2. The number of nitrogens with one attached hydrogen (secondary N) is 1. The van der Waals surface area contributed by atoms with Crippen LogP contribution in [0.15, 0.2) is 36.4 Å². The molecule has 0 atom stereocenters. The Morgan fingerprint density at radius 2 is 1.97 bits per heavy atom. The molecule has 1 aromatic heterocycles. The number of ether oxygens (including phenoxy) is 1. The first-order chi connectivity index (χ1) is 17.7. The maximum atomic E-state index is 13.8. The van der Waals surface area contributed by atoms with E-state index in [1.807, 2.05) is 39.0 Å². The second-order valence-electron chi connectivity index (χ2n) is 9.99. The van der Waals surface area contributed by atoms with Crippen LogP contribution in [0, 0.1) is 12.7 Å². The van der Waals surface area contributed by atoms with Crippen LogP contribution in [0.3, 0.4) is 0 Å². The highest BCUT2D eigenvalue weighted by Crippen LogP contribution is 2.33. The molecule has 0 aliphatic carbocycles. The fourth-order valence-corrected chi connectivity index (χ4v) is 4.95. The van der Waals surface area contributed by atoms with E-state index in [1.165, 1.54) is 6.07 Å². The van der Waals surface area contributed by atoms with Crippen molar-refractivity contribution in [1.29, 1.82) is 0 Å². The number of piperidine rings is 1. The predicted molar refractivity (Wildman–Crippen MR) is 145 cm³/mol. The molecule has 1 saturated heterocycles. The minimum Gasteiger partial charge on any atom is -0.494 e. The third-order valence-corrected chi connectivity index (χ3v) is 7.02. The number of fused-ring (bicyclic) bond motifs is 1. The molecule has 0 spiro atoms. The van der Waals surface area contributed by atoms with Gasteiger partial charge in [-0.2, -0.15) is 0 Å². The molecule has 4 rings (SSSR count). The lowest BCUT2D eigenvalue weighted by Crippen LogP contribution is -2.35. The first kappa shape index (κ1) is 27.3. The number of likely N-dealkylation sites (tertiary alicyclic amines) is 1. The van der Waals surface area contributed by atoms with E-state index in [2.05, 4.69) is 10.2 Å². The van der Waals surface area contributed by atoms with Gasteiger partial charge < -0.3 is 15.0 Å². The highest BCUT2D eigenvalue weighted by molar-refractivity contribution is 6.31. The minimum absolute atomic E-state index is 0.00689. The van der Waals surface area contributed by atoms with Crippen LogP contribution in [0.2, 0.25) is 5.02 Å². The number of hydrogen-bond donors (Lipinski definition) is 1. The summed E-state index contributed by atoms with van der Waals surface area (Å²) in [5.74, 6) is 0.114. The van der Waals surface area contributed by atoms with Crippen LogP contribution in [-0.4, -0.2) is 54.2 Å². The van der Waals surface area contributed by atoms with E-state index in [9.17, 15) is 13.6 Å². The van der Waals surface area contributed by atoms with Crippen molar-refractivity contribution in [3.05, 3.63) is 58.4 Å². The van der Waals surface area contributed by atoms with Gasteiger partial charge in [-0.05, 0) is 87.6 Å². The quantitative estimate of drug-likeness (QED) is 0.332. The van der Waals surface area contributed by atoms with Crippen LogP contribution < -0.4 is 10.1 Å². The topological polar surface area (TPSA) is 54.5 Å². The second kappa shape index (κ2) is 12.2. The molecule has 0 saturated carbocycles. The number of aromatic nitrogens is 1. The van der Waals surface area contributed by atoms with Crippen LogP contribution >= 0.6 is 11.6 Å². The molecular formula is C29H34ClF2N3O2. The van der Waals surface area contributed by atoms with E-state index in [-0.39, 0.29) is 23.4 Å². The zero-order valence-electron chi connectivity index (χ0n) is 21.6. The molecule has 1 aliphatic rings. The third-order valence-electron chi connectivity index (χ3n) is 6.73. The summed E-state index contributed by atoms with van der Waals surface area (Å²) >= 11 is 6.07. The predicted octanol–water partition coefficient (Wildman–Crippen LogP) is 6.27. The van der Waals surface area contributed by atoms with Gasteiger partial charge in [0, 0.05) is 36.6 Å². The molecule has 0 radical (unpaired) electrons. The fraction of sp³-hybridized carbons (Fsp3) is 0.448. The molecule has 1 aliphatic heterocycles. The van der Waals surface area contributed by atoms with Crippen molar-refractivity contribution in [3.63, 3.8) is 0 Å². The lowest BCUT2D eigenvalue weighted by atomic mass is 9.95. The van der Waals surface area contributed by atoms with E-state index in [0.717, 1.165) is 53.8 Å². The Balaban J connectivity index is 1.58. The van der Waals surface area contributed by atoms with E-state index >= 15 is 0 Å². The monoisotopic (exact) mass is 529 g/mol. The number of amides is 1. The first-order valence-electron chi connectivity index (χ1n) is 12.9. The summed E-state index contributed by atoms with van der Waals surface area (Å²) < 4.78 is 33.2. The zero-order chi connectivity index (χ0) is 26.5. The molecule has 1 fully saturated rings. The number of carbonyl (C=O) groups excluding carboxylic acids is 1. The van der Waals surface area contributed by atoms with Gasteiger partial charge in [-0.1, -0.05) is 11.6 Å². The first-order valence-corrected chi connectivity index (χ1v) is 13.3. The lowest BCUT2D eigenvalue weighted by Gasteiger charge is -2.28. The standard InChI is InChI=1S/C29H34ClF2N3O2/c1-18(2)33-28(36)17-24-19(3)23-16-22(37-14-4-11-35-12-9-21(31)10-13-35)6-8-27(23)34-29(24)20-5-7-26(32)25(30)15-20/h5-8,15-16,18,21H,4,9-14,17H2,1-3H3,(H,33,36). The molecule has 1 amide bonds. The van der Waals surface area contributed by atoms with Gasteiger partial charge in [0.1, 0.15) is 17.7 Å². The Morgan fingerprint density at radius 3 is 2.68 bits per heavy atom. The summed E-state index contributed by atoms with van der Waals surface area (Å²) in [6.45, 7) is 8.85. The van der Waals surface area contributed by atoms with E-state index in [0.29, 0.717) is 30.7 Å². The summed E-state index contributed by atoms with van der Waals surface area (Å²) in [7, 11) is 0. The number of hydrogen-bond acceptors (Lipinski definition) is 4. The van der Waals surface area contributed by atoms with Crippen molar-refractivity contribution in [2.45, 2.75) is 58.7 Å².